The van der Waals surface area contributed by atoms with Crippen LogP contribution in [0.3, 0.4) is 0 Å². The van der Waals surface area contributed by atoms with Crippen LogP contribution in [-0.2, 0) is 25.7 Å². The highest BCUT2D eigenvalue weighted by atomic mass is 16.6. The van der Waals surface area contributed by atoms with Gasteiger partial charge in [0.25, 0.3) is 0 Å². The lowest BCUT2D eigenvalue weighted by molar-refractivity contribution is -0.385. The molecule has 0 N–H and O–H groups in total. The molecule has 0 atom stereocenters. The molecule has 1 aromatic rings. The van der Waals surface area contributed by atoms with Crippen LogP contribution in [0.25, 0.3) is 0 Å². The van der Waals surface area contributed by atoms with Crippen molar-refractivity contribution in [3.05, 3.63) is 33.9 Å². The molecule has 1 rings (SSSR count). The number of methoxy groups -OCH3 is 1. The summed E-state index contributed by atoms with van der Waals surface area (Å²) in [4.78, 5) is 33.5. The fraction of sp³-hybridized carbons (Fsp3) is 0.529. The Kier molecular flexibility index (Phi) is 8.38. The molecule has 0 aromatic heterocycles. The first-order valence-corrected chi connectivity index (χ1v) is 7.96. The Hall–Kier alpha value is -2.64. The predicted molar refractivity (Wildman–Crippen MR) is 89.1 cm³/mol. The van der Waals surface area contributed by atoms with Gasteiger partial charge in [0, 0.05) is 18.9 Å². The van der Waals surface area contributed by atoms with Crippen molar-refractivity contribution in [2.24, 2.45) is 5.92 Å². The first kappa shape index (κ1) is 20.4. The number of nitro benzene ring substituents is 1. The zero-order valence-corrected chi connectivity index (χ0v) is 14.6. The predicted octanol–water partition coefficient (Wildman–Crippen LogP) is 3.02. The van der Waals surface area contributed by atoms with E-state index in [1.54, 1.807) is 6.07 Å². The van der Waals surface area contributed by atoms with Gasteiger partial charge in [-0.05, 0) is 24.0 Å². The number of esters is 2. The van der Waals surface area contributed by atoms with E-state index in [0.29, 0.717) is 18.6 Å². The summed E-state index contributed by atoms with van der Waals surface area (Å²) in [5.74, 6) is -0.412. The van der Waals surface area contributed by atoms with E-state index >= 15 is 0 Å². The molecule has 0 aliphatic heterocycles. The van der Waals surface area contributed by atoms with Gasteiger partial charge in [0.15, 0.2) is 5.75 Å². The van der Waals surface area contributed by atoms with Gasteiger partial charge in [-0.1, -0.05) is 19.9 Å². The van der Waals surface area contributed by atoms with Gasteiger partial charge >= 0.3 is 17.6 Å². The van der Waals surface area contributed by atoms with Gasteiger partial charge in [0.2, 0.25) is 0 Å². The summed E-state index contributed by atoms with van der Waals surface area (Å²) < 4.78 is 15.0. The second kappa shape index (κ2) is 10.3. The molecule has 0 aliphatic rings. The van der Waals surface area contributed by atoms with Crippen molar-refractivity contribution in [2.75, 3.05) is 13.7 Å². The van der Waals surface area contributed by atoms with Crippen molar-refractivity contribution in [3.63, 3.8) is 0 Å². The van der Waals surface area contributed by atoms with Crippen LogP contribution in [-0.4, -0.2) is 30.6 Å². The molecule has 0 aliphatic carbocycles. The fourth-order valence-electron chi connectivity index (χ4n) is 1.91. The van der Waals surface area contributed by atoms with E-state index in [2.05, 4.69) is 0 Å². The van der Waals surface area contributed by atoms with E-state index in [1.807, 2.05) is 13.8 Å². The average molecular weight is 353 g/mol. The molecule has 0 bridgehead atoms. The SMILES string of the molecule is COc1ccc(COC(=O)CCCC(=O)OCC(C)C)cc1[N+](=O)[O-]. The van der Waals surface area contributed by atoms with Crippen molar-refractivity contribution in [1.82, 2.24) is 0 Å². The smallest absolute Gasteiger partial charge is 0.311 e. The third-order valence-electron chi connectivity index (χ3n) is 3.18. The van der Waals surface area contributed by atoms with E-state index in [0.717, 1.165) is 0 Å². The van der Waals surface area contributed by atoms with Crippen LogP contribution < -0.4 is 4.74 Å². The molecule has 0 saturated carbocycles. The number of benzene rings is 1. The molecule has 0 fully saturated rings. The molecule has 0 heterocycles. The number of ether oxygens (including phenoxy) is 3. The lowest BCUT2D eigenvalue weighted by atomic mass is 10.2. The second-order valence-electron chi connectivity index (χ2n) is 5.85. The Morgan fingerprint density at radius 1 is 1.16 bits per heavy atom. The van der Waals surface area contributed by atoms with Crippen LogP contribution in [0.15, 0.2) is 18.2 Å². The van der Waals surface area contributed by atoms with E-state index < -0.39 is 10.9 Å². The molecule has 8 nitrogen and oxygen atoms in total. The summed E-state index contributed by atoms with van der Waals surface area (Å²) in [6.07, 6.45) is 0.559. The minimum atomic E-state index is -0.563. The van der Waals surface area contributed by atoms with Gasteiger partial charge < -0.3 is 14.2 Å². The van der Waals surface area contributed by atoms with Crippen molar-refractivity contribution < 1.29 is 28.7 Å². The largest absolute Gasteiger partial charge is 0.490 e. The maximum Gasteiger partial charge on any atom is 0.311 e. The Morgan fingerprint density at radius 3 is 2.36 bits per heavy atom. The van der Waals surface area contributed by atoms with Crippen molar-refractivity contribution in [1.29, 1.82) is 0 Å². The maximum atomic E-state index is 11.7. The van der Waals surface area contributed by atoms with Crippen LogP contribution >= 0.6 is 0 Å². The first-order chi connectivity index (χ1) is 11.8. The lowest BCUT2D eigenvalue weighted by Gasteiger charge is -2.08. The van der Waals surface area contributed by atoms with Crippen LogP contribution in [0.5, 0.6) is 5.75 Å². The van der Waals surface area contributed by atoms with Crippen LogP contribution in [0.4, 0.5) is 5.69 Å². The number of rotatable bonds is 10. The van der Waals surface area contributed by atoms with E-state index in [-0.39, 0.29) is 42.8 Å². The number of hydrogen-bond acceptors (Lipinski definition) is 7. The van der Waals surface area contributed by atoms with Gasteiger partial charge in [0.05, 0.1) is 18.6 Å². The molecular formula is C17H23NO7. The zero-order valence-electron chi connectivity index (χ0n) is 14.6. The normalized spacial score (nSPS) is 10.4. The Balaban J connectivity index is 2.38. The summed E-state index contributed by atoms with van der Waals surface area (Å²) in [7, 11) is 1.34. The number of carbonyl (C=O) groups excluding carboxylic acids is 2. The monoisotopic (exact) mass is 353 g/mol. The van der Waals surface area contributed by atoms with E-state index in [9.17, 15) is 19.7 Å². The second-order valence-corrected chi connectivity index (χ2v) is 5.85. The molecule has 0 unspecified atom stereocenters. The fourth-order valence-corrected chi connectivity index (χ4v) is 1.91. The topological polar surface area (TPSA) is 105 Å². The molecular weight excluding hydrogens is 330 g/mol. The quantitative estimate of drug-likeness (QED) is 0.361. The molecule has 0 spiro atoms. The summed E-state index contributed by atoms with van der Waals surface area (Å²) in [6.45, 7) is 4.16. The van der Waals surface area contributed by atoms with Gasteiger partial charge in [-0.15, -0.1) is 0 Å². The highest BCUT2D eigenvalue weighted by Crippen LogP contribution is 2.27. The van der Waals surface area contributed by atoms with Crippen molar-refractivity contribution in [2.45, 2.75) is 39.7 Å². The van der Waals surface area contributed by atoms with E-state index in [4.69, 9.17) is 14.2 Å². The van der Waals surface area contributed by atoms with E-state index in [1.165, 1.54) is 19.2 Å². The van der Waals surface area contributed by atoms with Crippen molar-refractivity contribution >= 4 is 17.6 Å². The summed E-state index contributed by atoms with van der Waals surface area (Å²) >= 11 is 0. The standard InChI is InChI=1S/C17H23NO7/c1-12(2)10-24-16(19)5-4-6-17(20)25-11-13-7-8-15(23-3)14(9-13)18(21)22/h7-9,12H,4-6,10-11H2,1-3H3. The first-order valence-electron chi connectivity index (χ1n) is 7.96. The van der Waals surface area contributed by atoms with Crippen LogP contribution in [0.1, 0.15) is 38.7 Å². The molecule has 8 heteroatoms. The Bertz CT molecular complexity index is 613. The average Bonchev–Trinajstić information content (AvgIpc) is 2.57. The Morgan fingerprint density at radius 2 is 1.80 bits per heavy atom. The molecule has 1 aromatic carbocycles. The third kappa shape index (κ3) is 7.65. The highest BCUT2D eigenvalue weighted by molar-refractivity contribution is 5.72. The lowest BCUT2D eigenvalue weighted by Crippen LogP contribution is -2.11. The number of nitro groups is 1. The summed E-state index contributed by atoms with van der Waals surface area (Å²) in [5, 5.41) is 10.9. The molecule has 0 radical (unpaired) electrons. The minimum absolute atomic E-state index is 0.0784. The molecule has 138 valence electrons. The number of carbonyl (C=O) groups is 2. The molecule has 0 amide bonds. The van der Waals surface area contributed by atoms with Crippen molar-refractivity contribution in [3.8, 4) is 5.75 Å². The zero-order chi connectivity index (χ0) is 18.8. The summed E-state index contributed by atoms with van der Waals surface area (Å²) in [6, 6.07) is 4.34. The van der Waals surface area contributed by atoms with Crippen LogP contribution in [0.2, 0.25) is 0 Å². The van der Waals surface area contributed by atoms with Gasteiger partial charge in [0.1, 0.15) is 6.61 Å². The minimum Gasteiger partial charge on any atom is -0.490 e. The Labute approximate surface area is 146 Å². The number of nitrogens with zero attached hydrogens (tertiary/aromatic N) is 1. The van der Waals surface area contributed by atoms with Gasteiger partial charge in [-0.3, -0.25) is 19.7 Å². The summed E-state index contributed by atoms with van der Waals surface area (Å²) in [5.41, 5.74) is 0.293. The number of hydrogen-bond donors (Lipinski definition) is 0. The highest BCUT2D eigenvalue weighted by Gasteiger charge is 2.16. The maximum absolute atomic E-state index is 11.7. The van der Waals surface area contributed by atoms with Gasteiger partial charge in [-0.2, -0.15) is 0 Å². The van der Waals surface area contributed by atoms with Gasteiger partial charge in [-0.25, -0.2) is 0 Å². The van der Waals surface area contributed by atoms with Crippen LogP contribution in [0, 0.1) is 16.0 Å². The molecule has 0 saturated heterocycles. The molecule has 25 heavy (non-hydrogen) atoms. The third-order valence-corrected chi connectivity index (χ3v) is 3.18.